The number of halogens is 3. The fraction of sp³-hybridized carbons (Fsp3) is 0.462. The number of rotatable bonds is 1. The average Bonchev–Trinajstić information content (AvgIpc) is 2.38. The highest BCUT2D eigenvalue weighted by Crippen LogP contribution is 2.35. The number of alkyl halides is 3. The van der Waals surface area contributed by atoms with Crippen LogP contribution in [0.5, 0.6) is 0 Å². The van der Waals surface area contributed by atoms with E-state index >= 15 is 0 Å². The zero-order chi connectivity index (χ0) is 14.0. The second-order valence-corrected chi connectivity index (χ2v) is 4.61. The first kappa shape index (κ1) is 13.7. The lowest BCUT2D eigenvalue weighted by atomic mass is 9.94. The van der Waals surface area contributed by atoms with E-state index in [4.69, 9.17) is 5.11 Å². The molecule has 1 aromatic carbocycles. The molecular weight excluding hydrogens is 259 g/mol. The van der Waals surface area contributed by atoms with Gasteiger partial charge in [0.05, 0.1) is 11.6 Å². The van der Waals surface area contributed by atoms with E-state index in [1.165, 1.54) is 11.0 Å². The summed E-state index contributed by atoms with van der Waals surface area (Å²) in [6.07, 6.45) is -3.35. The zero-order valence-corrected chi connectivity index (χ0v) is 10.2. The van der Waals surface area contributed by atoms with Crippen LogP contribution in [-0.4, -0.2) is 22.6 Å². The summed E-state index contributed by atoms with van der Waals surface area (Å²) in [4.78, 5) is 12.3. The molecule has 1 aromatic rings. The van der Waals surface area contributed by atoms with Gasteiger partial charge in [-0.1, -0.05) is 12.1 Å². The second-order valence-electron chi connectivity index (χ2n) is 4.61. The van der Waals surface area contributed by atoms with Crippen LogP contribution in [0.15, 0.2) is 24.3 Å². The number of nitrogens with zero attached hydrogens (tertiary/aromatic N) is 1. The van der Waals surface area contributed by atoms with Gasteiger partial charge < -0.3 is 10.0 Å². The molecule has 1 N–H and O–H groups in total. The maximum Gasteiger partial charge on any atom is 0.416 e. The van der Waals surface area contributed by atoms with Crippen molar-refractivity contribution in [2.24, 2.45) is 0 Å². The first-order valence-electron chi connectivity index (χ1n) is 6.06. The average molecular weight is 273 g/mol. The van der Waals surface area contributed by atoms with Gasteiger partial charge in [0.2, 0.25) is 0 Å². The molecule has 3 nitrogen and oxygen atoms in total. The number of amides is 1. The van der Waals surface area contributed by atoms with Crippen molar-refractivity contribution < 1.29 is 23.1 Å². The van der Waals surface area contributed by atoms with Gasteiger partial charge in [0.1, 0.15) is 0 Å². The van der Waals surface area contributed by atoms with Crippen LogP contribution in [0.25, 0.3) is 0 Å². The van der Waals surface area contributed by atoms with Gasteiger partial charge in [-0.25, -0.2) is 4.79 Å². The summed E-state index contributed by atoms with van der Waals surface area (Å²) in [5.41, 5.74) is -0.321. The molecule has 0 spiro atoms. The standard InChI is InChI=1S/C13H14F3NO2/c14-13(15,16)10-5-3-4-9(8-10)11-6-1-2-7-17(11)12(18)19/h3-5,8,11H,1-2,6-7H2,(H,18,19). The van der Waals surface area contributed by atoms with Crippen molar-refractivity contribution in [1.82, 2.24) is 4.90 Å². The molecule has 1 aliphatic rings. The van der Waals surface area contributed by atoms with Crippen LogP contribution < -0.4 is 0 Å². The second kappa shape index (κ2) is 5.11. The minimum absolute atomic E-state index is 0.371. The lowest BCUT2D eigenvalue weighted by Gasteiger charge is -2.34. The maximum atomic E-state index is 12.7. The van der Waals surface area contributed by atoms with Crippen LogP contribution in [-0.2, 0) is 6.18 Å². The van der Waals surface area contributed by atoms with Crippen LogP contribution in [0.4, 0.5) is 18.0 Å². The molecule has 19 heavy (non-hydrogen) atoms. The van der Waals surface area contributed by atoms with E-state index in [1.54, 1.807) is 6.07 Å². The molecule has 2 rings (SSSR count). The molecule has 1 aliphatic heterocycles. The smallest absolute Gasteiger partial charge is 0.416 e. The Morgan fingerprint density at radius 1 is 1.32 bits per heavy atom. The Bertz CT molecular complexity index is 473. The predicted molar refractivity (Wildman–Crippen MR) is 62.8 cm³/mol. The molecule has 1 saturated heterocycles. The Hall–Kier alpha value is -1.72. The quantitative estimate of drug-likeness (QED) is 0.842. The molecule has 1 atom stereocenters. The van der Waals surface area contributed by atoms with Crippen molar-refractivity contribution in [2.75, 3.05) is 6.54 Å². The van der Waals surface area contributed by atoms with Gasteiger partial charge >= 0.3 is 12.3 Å². The Morgan fingerprint density at radius 3 is 2.68 bits per heavy atom. The van der Waals surface area contributed by atoms with Crippen molar-refractivity contribution >= 4 is 6.09 Å². The Kier molecular flexibility index (Phi) is 3.68. The highest BCUT2D eigenvalue weighted by Gasteiger charge is 2.33. The number of carbonyl (C=O) groups is 1. The van der Waals surface area contributed by atoms with Gasteiger partial charge in [-0.3, -0.25) is 0 Å². The summed E-state index contributed by atoms with van der Waals surface area (Å²) >= 11 is 0. The van der Waals surface area contributed by atoms with E-state index < -0.39 is 23.9 Å². The number of hydrogen-bond acceptors (Lipinski definition) is 1. The van der Waals surface area contributed by atoms with Crippen molar-refractivity contribution in [1.29, 1.82) is 0 Å². The van der Waals surface area contributed by atoms with E-state index in [0.29, 0.717) is 18.5 Å². The zero-order valence-electron chi connectivity index (χ0n) is 10.2. The number of likely N-dealkylation sites (tertiary alicyclic amines) is 1. The summed E-state index contributed by atoms with van der Waals surface area (Å²) < 4.78 is 38.0. The maximum absolute atomic E-state index is 12.7. The van der Waals surface area contributed by atoms with Crippen molar-refractivity contribution in [3.05, 3.63) is 35.4 Å². The van der Waals surface area contributed by atoms with E-state index in [-0.39, 0.29) is 0 Å². The van der Waals surface area contributed by atoms with Crippen LogP contribution in [0.3, 0.4) is 0 Å². The topological polar surface area (TPSA) is 40.5 Å². The highest BCUT2D eigenvalue weighted by atomic mass is 19.4. The van der Waals surface area contributed by atoms with Gasteiger partial charge in [-0.2, -0.15) is 13.2 Å². The van der Waals surface area contributed by atoms with Crippen molar-refractivity contribution in [3.63, 3.8) is 0 Å². The van der Waals surface area contributed by atoms with E-state index in [9.17, 15) is 18.0 Å². The molecule has 0 radical (unpaired) electrons. The van der Waals surface area contributed by atoms with Crippen LogP contribution >= 0.6 is 0 Å². The van der Waals surface area contributed by atoms with Gasteiger partial charge in [0, 0.05) is 6.54 Å². The SMILES string of the molecule is O=C(O)N1CCCCC1c1cccc(C(F)(F)F)c1. The number of hydrogen-bond donors (Lipinski definition) is 1. The van der Waals surface area contributed by atoms with Crippen molar-refractivity contribution in [2.45, 2.75) is 31.5 Å². The van der Waals surface area contributed by atoms with Crippen LogP contribution in [0.1, 0.15) is 36.4 Å². The third-order valence-electron chi connectivity index (χ3n) is 3.35. The molecule has 0 bridgehead atoms. The van der Waals surface area contributed by atoms with E-state index in [0.717, 1.165) is 25.0 Å². The first-order valence-corrected chi connectivity index (χ1v) is 6.06. The molecule has 0 saturated carbocycles. The molecule has 1 heterocycles. The Labute approximate surface area is 108 Å². The fourth-order valence-electron chi connectivity index (χ4n) is 2.43. The van der Waals surface area contributed by atoms with E-state index in [1.807, 2.05) is 0 Å². The Balaban J connectivity index is 2.32. The number of carboxylic acid groups (broad SMARTS) is 1. The van der Waals surface area contributed by atoms with Crippen LogP contribution in [0, 0.1) is 0 Å². The molecule has 0 aromatic heterocycles. The Morgan fingerprint density at radius 2 is 2.05 bits per heavy atom. The summed E-state index contributed by atoms with van der Waals surface area (Å²) in [6, 6.07) is 4.45. The summed E-state index contributed by atoms with van der Waals surface area (Å²) in [6.45, 7) is 0.371. The summed E-state index contributed by atoms with van der Waals surface area (Å²) in [7, 11) is 0. The molecule has 1 fully saturated rings. The van der Waals surface area contributed by atoms with Gasteiger partial charge in [-0.15, -0.1) is 0 Å². The van der Waals surface area contributed by atoms with Gasteiger partial charge in [0.25, 0.3) is 0 Å². The van der Waals surface area contributed by atoms with E-state index in [2.05, 4.69) is 0 Å². The lowest BCUT2D eigenvalue weighted by Crippen LogP contribution is -2.37. The minimum Gasteiger partial charge on any atom is -0.465 e. The molecule has 1 unspecified atom stereocenters. The summed E-state index contributed by atoms with van der Waals surface area (Å²) in [5, 5.41) is 9.10. The molecule has 0 aliphatic carbocycles. The highest BCUT2D eigenvalue weighted by molar-refractivity contribution is 5.66. The van der Waals surface area contributed by atoms with Gasteiger partial charge in [-0.05, 0) is 37.0 Å². The number of piperidine rings is 1. The fourth-order valence-corrected chi connectivity index (χ4v) is 2.43. The monoisotopic (exact) mass is 273 g/mol. The largest absolute Gasteiger partial charge is 0.465 e. The van der Waals surface area contributed by atoms with Gasteiger partial charge in [0.15, 0.2) is 0 Å². The summed E-state index contributed by atoms with van der Waals surface area (Å²) in [5.74, 6) is 0. The minimum atomic E-state index is -4.40. The molecule has 1 amide bonds. The first-order chi connectivity index (χ1) is 8.89. The molecule has 104 valence electrons. The molecule has 6 heteroatoms. The third-order valence-corrected chi connectivity index (χ3v) is 3.35. The predicted octanol–water partition coefficient (Wildman–Crippen LogP) is 3.91. The van der Waals surface area contributed by atoms with Crippen molar-refractivity contribution in [3.8, 4) is 0 Å². The normalized spacial score (nSPS) is 20.4. The van der Waals surface area contributed by atoms with Crippen LogP contribution in [0.2, 0.25) is 0 Å². The number of benzene rings is 1. The molecular formula is C13H14F3NO2. The lowest BCUT2D eigenvalue weighted by molar-refractivity contribution is -0.137. The third kappa shape index (κ3) is 3.00.